The molecule has 4 aromatic heterocycles. The van der Waals surface area contributed by atoms with E-state index >= 15 is 0 Å². The second-order valence-corrected chi connectivity index (χ2v) is 17.7. The Kier molecular flexibility index (Phi) is 9.55. The van der Waals surface area contributed by atoms with Crippen LogP contribution in [0.2, 0.25) is 0 Å². The Labute approximate surface area is 339 Å². The number of hydrogen-bond acceptors (Lipinski definition) is 0. The van der Waals surface area contributed by atoms with Crippen LogP contribution >= 0.6 is 0 Å². The molecular weight excluding hydrogens is 691 g/mol. The minimum absolute atomic E-state index is 0.182. The fourth-order valence-electron chi connectivity index (χ4n) is 10.8. The highest BCUT2D eigenvalue weighted by molar-refractivity contribution is 6.15. The molecule has 0 N–H and O–H groups in total. The molecule has 288 valence electrons. The first-order valence-corrected chi connectivity index (χ1v) is 21.7. The van der Waals surface area contributed by atoms with Gasteiger partial charge in [0, 0.05) is 70.5 Å². The van der Waals surface area contributed by atoms with Gasteiger partial charge in [0.1, 0.15) is 0 Å². The van der Waals surface area contributed by atoms with E-state index < -0.39 is 0 Å². The molecule has 0 saturated heterocycles. The van der Waals surface area contributed by atoms with E-state index in [0.717, 1.165) is 32.2 Å². The number of para-hydroxylation sites is 1. The number of unbranched alkanes of at least 4 members (excludes halogenated alkanes) is 2. The Morgan fingerprint density at radius 1 is 0.649 bits per heavy atom. The standard InChI is InChI=1S/C54H59N3/c1-8-11-13-22-40-29-52-43-24-16-18-25-48(43)54(10-3,53(7,9-2)57(52)36-47(40)39-20-14-12-15-21-39)32-41-35-55-34-38(6)27-28-49(55)46-30-45-42-23-17-19-26-50(42)56(33-37(4)5)51(45)31-44(41)46/h12,14-21,23-31,34-37H,8-11,13,22,32-33H2,1-7H3/q+2. The number of aryl methyl sites for hydroxylation is 2. The lowest BCUT2D eigenvalue weighted by molar-refractivity contribution is -0.765. The van der Waals surface area contributed by atoms with Crippen LogP contribution in [-0.4, -0.2) is 4.57 Å². The van der Waals surface area contributed by atoms with Gasteiger partial charge in [0.15, 0.2) is 24.1 Å². The maximum atomic E-state index is 2.73. The lowest BCUT2D eigenvalue weighted by Gasteiger charge is -2.48. The second kappa shape index (κ2) is 14.6. The van der Waals surface area contributed by atoms with Crippen molar-refractivity contribution < 1.29 is 8.97 Å². The van der Waals surface area contributed by atoms with Gasteiger partial charge in [-0.1, -0.05) is 114 Å². The number of nitrogens with zero attached hydrogens (tertiary/aromatic N) is 3. The Morgan fingerprint density at radius 3 is 2.19 bits per heavy atom. The fraction of sp³-hybridized carbons (Fsp3) is 0.333. The average molecular weight is 750 g/mol. The summed E-state index contributed by atoms with van der Waals surface area (Å²) in [6.07, 6.45) is 15.1. The van der Waals surface area contributed by atoms with Crippen LogP contribution in [0.1, 0.15) is 95.9 Å². The van der Waals surface area contributed by atoms with Crippen molar-refractivity contribution in [3.63, 3.8) is 0 Å². The molecule has 0 saturated carbocycles. The van der Waals surface area contributed by atoms with Crippen molar-refractivity contribution in [1.82, 2.24) is 4.57 Å². The Bertz CT molecular complexity index is 2790. The van der Waals surface area contributed by atoms with Crippen molar-refractivity contribution in [3.05, 3.63) is 150 Å². The largest absolute Gasteiger partial charge is 0.340 e. The SMILES string of the molecule is CCCCCc1cc2[n+](cc1-c1ccccc1)C(C)(CC)C(CC)(Cc1c[n+]3cc(C)ccc3c3cc4c5ccccc5n(CC(C)C)c4cc13)c1ccccc1-2. The summed E-state index contributed by atoms with van der Waals surface area (Å²) in [4.78, 5) is 0. The molecular formula is C54H59N3+2. The van der Waals surface area contributed by atoms with Gasteiger partial charge in [0.2, 0.25) is 11.2 Å². The first kappa shape index (κ1) is 37.3. The molecule has 3 nitrogen and oxygen atoms in total. The summed E-state index contributed by atoms with van der Waals surface area (Å²) in [6, 6.07) is 41.8. The van der Waals surface area contributed by atoms with E-state index in [1.165, 1.54) is 102 Å². The van der Waals surface area contributed by atoms with Gasteiger partial charge in [-0.2, -0.15) is 8.97 Å². The van der Waals surface area contributed by atoms with Crippen LogP contribution in [0.25, 0.3) is 60.5 Å². The molecule has 2 atom stereocenters. The van der Waals surface area contributed by atoms with E-state index in [9.17, 15) is 0 Å². The molecule has 0 spiro atoms. The van der Waals surface area contributed by atoms with Crippen molar-refractivity contribution in [2.45, 2.75) is 111 Å². The number of benzene rings is 4. The van der Waals surface area contributed by atoms with Crippen LogP contribution in [0.5, 0.6) is 0 Å². The maximum absolute atomic E-state index is 2.73. The third kappa shape index (κ3) is 5.91. The first-order chi connectivity index (χ1) is 27.7. The third-order valence-corrected chi connectivity index (χ3v) is 13.9. The van der Waals surface area contributed by atoms with Crippen molar-refractivity contribution in [2.75, 3.05) is 0 Å². The molecule has 0 amide bonds. The van der Waals surface area contributed by atoms with Gasteiger partial charge in [-0.25, -0.2) is 0 Å². The lowest BCUT2D eigenvalue weighted by Crippen LogP contribution is -2.69. The monoisotopic (exact) mass is 749 g/mol. The summed E-state index contributed by atoms with van der Waals surface area (Å²) in [5.74, 6) is 0.534. The highest BCUT2D eigenvalue weighted by Crippen LogP contribution is 2.53. The molecule has 1 aliphatic rings. The Hall–Kier alpha value is -5.28. The number of fused-ring (bicyclic) bond motifs is 9. The fourth-order valence-corrected chi connectivity index (χ4v) is 10.8. The van der Waals surface area contributed by atoms with Gasteiger partial charge < -0.3 is 4.57 Å². The summed E-state index contributed by atoms with van der Waals surface area (Å²) >= 11 is 0. The number of pyridine rings is 3. The highest BCUT2D eigenvalue weighted by Gasteiger charge is 2.59. The van der Waals surface area contributed by atoms with Crippen molar-refractivity contribution in [2.24, 2.45) is 5.92 Å². The van der Waals surface area contributed by atoms with E-state index in [1.54, 1.807) is 0 Å². The molecule has 0 fully saturated rings. The van der Waals surface area contributed by atoms with Crippen molar-refractivity contribution in [3.8, 4) is 22.4 Å². The van der Waals surface area contributed by atoms with Crippen molar-refractivity contribution in [1.29, 1.82) is 0 Å². The Balaban J connectivity index is 1.33. The van der Waals surface area contributed by atoms with Gasteiger partial charge in [-0.15, -0.1) is 0 Å². The molecule has 0 aliphatic carbocycles. The third-order valence-electron chi connectivity index (χ3n) is 13.9. The highest BCUT2D eigenvalue weighted by atomic mass is 15.1. The molecule has 5 heterocycles. The summed E-state index contributed by atoms with van der Waals surface area (Å²) in [5, 5.41) is 5.39. The molecule has 0 radical (unpaired) electrons. The zero-order valence-electron chi connectivity index (χ0n) is 35.2. The van der Waals surface area contributed by atoms with Crippen LogP contribution in [-0.2, 0) is 30.3 Å². The summed E-state index contributed by atoms with van der Waals surface area (Å²) < 4.78 is 7.73. The zero-order valence-corrected chi connectivity index (χ0v) is 35.2. The number of aromatic nitrogens is 3. The number of rotatable bonds is 11. The van der Waals surface area contributed by atoms with E-state index in [0.29, 0.717) is 5.92 Å². The van der Waals surface area contributed by atoms with Crippen LogP contribution < -0.4 is 8.97 Å². The van der Waals surface area contributed by atoms with Crippen molar-refractivity contribution >= 4 is 38.1 Å². The normalized spacial score (nSPS) is 17.9. The van der Waals surface area contributed by atoms with Gasteiger partial charge in [0.05, 0.1) is 16.4 Å². The summed E-state index contributed by atoms with van der Waals surface area (Å²) in [5.41, 5.74) is 14.6. The quantitative estimate of drug-likeness (QED) is 0.0710. The van der Waals surface area contributed by atoms with E-state index in [1.807, 2.05) is 0 Å². The van der Waals surface area contributed by atoms with Gasteiger partial charge in [-0.05, 0) is 90.9 Å². The predicted octanol–water partition coefficient (Wildman–Crippen LogP) is 13.0. The minimum Gasteiger partial charge on any atom is -0.340 e. The molecule has 1 aliphatic heterocycles. The van der Waals surface area contributed by atoms with E-state index in [4.69, 9.17) is 0 Å². The van der Waals surface area contributed by atoms with Crippen LogP contribution in [0.15, 0.2) is 128 Å². The summed E-state index contributed by atoms with van der Waals surface area (Å²) in [7, 11) is 0. The second-order valence-electron chi connectivity index (χ2n) is 17.7. The zero-order chi connectivity index (χ0) is 39.5. The molecule has 2 unspecified atom stereocenters. The Morgan fingerprint density at radius 2 is 1.42 bits per heavy atom. The maximum Gasteiger partial charge on any atom is 0.218 e. The van der Waals surface area contributed by atoms with Crippen LogP contribution in [0.3, 0.4) is 0 Å². The molecule has 3 heteroatoms. The molecule has 8 aromatic rings. The molecule has 4 aromatic carbocycles. The van der Waals surface area contributed by atoms with Crippen LogP contribution in [0, 0.1) is 12.8 Å². The van der Waals surface area contributed by atoms with E-state index in [-0.39, 0.29) is 11.0 Å². The van der Waals surface area contributed by atoms with Gasteiger partial charge in [-0.3, -0.25) is 0 Å². The average Bonchev–Trinajstić information content (AvgIpc) is 3.53. The smallest absolute Gasteiger partial charge is 0.218 e. The topological polar surface area (TPSA) is 12.9 Å². The number of hydrogen-bond donors (Lipinski definition) is 0. The lowest BCUT2D eigenvalue weighted by atomic mass is 9.57. The van der Waals surface area contributed by atoms with Gasteiger partial charge in [0.25, 0.3) is 0 Å². The van der Waals surface area contributed by atoms with Gasteiger partial charge >= 0.3 is 0 Å². The molecule has 57 heavy (non-hydrogen) atoms. The molecule has 0 bridgehead atoms. The molecule has 9 rings (SSSR count). The summed E-state index contributed by atoms with van der Waals surface area (Å²) in [6.45, 7) is 17.6. The minimum atomic E-state index is -0.202. The predicted molar refractivity (Wildman–Crippen MR) is 240 cm³/mol. The van der Waals surface area contributed by atoms with E-state index in [2.05, 4.69) is 190 Å². The first-order valence-electron chi connectivity index (χ1n) is 21.7. The van der Waals surface area contributed by atoms with Crippen LogP contribution in [0.4, 0.5) is 0 Å².